The van der Waals surface area contributed by atoms with E-state index in [9.17, 15) is 0 Å². The predicted molar refractivity (Wildman–Crippen MR) is 505 cm³/mol. The van der Waals surface area contributed by atoms with Crippen LogP contribution in [0.1, 0.15) is 0 Å². The molecule has 14 nitrogen and oxygen atoms in total. The molecule has 0 atom stereocenters. The second-order valence-electron chi connectivity index (χ2n) is 30.7. The molecule has 0 amide bonds. The normalized spacial score (nSPS) is 11.7. The molecule has 578 valence electrons. The van der Waals surface area contributed by atoms with Crippen molar-refractivity contribution in [1.29, 1.82) is 0 Å². The number of benzene rings is 16. The monoisotopic (exact) mass is 1620 g/mol. The molecule has 0 fully saturated rings. The van der Waals surface area contributed by atoms with E-state index in [0.717, 1.165) is 173 Å². The zero-order valence-electron chi connectivity index (χ0n) is 66.0. The summed E-state index contributed by atoms with van der Waals surface area (Å²) < 4.78 is 9.03. The SMILES string of the molecule is c1ccc(-c2nc(-c3cccc(-c4cccc(-n5c6ccccc6c6ccc(-c7nc(-c8ccccc8)nc(-c8cccc9c8sc8ccc(-c%10nc(-c%11ccccc%11)nc(-c%11ccccc%11)n%10)cc89)n7)cc65)c4)c3)nc(-c3ccc4sc5c(-c6nc(-c7ccccc7)nc(-c7ccc8c(c7)c7ccccc7n8-c7ccccc7)n6)cccc5c4c3)n2)cc1. The first-order chi connectivity index (χ1) is 61.4. The van der Waals surface area contributed by atoms with Gasteiger partial charge in [-0.05, 0) is 126 Å². The van der Waals surface area contributed by atoms with Crippen LogP contribution in [0.4, 0.5) is 0 Å². The zero-order valence-corrected chi connectivity index (χ0v) is 67.7. The Labute approximate surface area is 717 Å². The number of hydrogen-bond acceptors (Lipinski definition) is 14. The van der Waals surface area contributed by atoms with Gasteiger partial charge in [0.1, 0.15) is 0 Å². The Hall–Kier alpha value is -16.4. The molecule has 24 aromatic rings. The van der Waals surface area contributed by atoms with E-state index in [2.05, 4.69) is 270 Å². The van der Waals surface area contributed by atoms with Gasteiger partial charge < -0.3 is 9.13 Å². The van der Waals surface area contributed by atoms with Crippen molar-refractivity contribution in [2.75, 3.05) is 0 Å². The van der Waals surface area contributed by atoms with Gasteiger partial charge >= 0.3 is 0 Å². The van der Waals surface area contributed by atoms with Gasteiger partial charge in [-0.1, -0.05) is 273 Å². The van der Waals surface area contributed by atoms with Gasteiger partial charge in [-0.25, -0.2) is 59.8 Å². The number of rotatable bonds is 15. The lowest BCUT2D eigenvalue weighted by Gasteiger charge is -2.13. The summed E-state index contributed by atoms with van der Waals surface area (Å²) in [5.41, 5.74) is 19.1. The molecule has 0 aliphatic carbocycles. The Morgan fingerprint density at radius 1 is 0.153 bits per heavy atom. The maximum atomic E-state index is 5.45. The van der Waals surface area contributed by atoms with Crippen molar-refractivity contribution in [3.05, 3.63) is 388 Å². The fourth-order valence-corrected chi connectivity index (χ4v) is 19.6. The smallest absolute Gasteiger partial charge is 0.165 e. The van der Waals surface area contributed by atoms with E-state index in [4.69, 9.17) is 59.8 Å². The molecule has 16 heteroatoms. The first kappa shape index (κ1) is 71.7. The largest absolute Gasteiger partial charge is 0.309 e. The summed E-state index contributed by atoms with van der Waals surface area (Å²) in [6.45, 7) is 0. The van der Waals surface area contributed by atoms with Crippen LogP contribution >= 0.6 is 22.7 Å². The summed E-state index contributed by atoms with van der Waals surface area (Å²) in [4.78, 5) is 63.1. The fraction of sp³-hybridized carbons (Fsp3) is 0. The minimum atomic E-state index is 0.551. The summed E-state index contributed by atoms with van der Waals surface area (Å²) >= 11 is 3.45. The van der Waals surface area contributed by atoms with Gasteiger partial charge in [-0.15, -0.1) is 22.7 Å². The minimum absolute atomic E-state index is 0.551. The molecule has 0 radical (unpaired) electrons. The Morgan fingerprint density at radius 2 is 0.435 bits per heavy atom. The molecule has 0 N–H and O–H groups in total. The number of hydrogen-bond donors (Lipinski definition) is 0. The molecular formula is C108H64N14S2. The molecule has 0 bridgehead atoms. The van der Waals surface area contributed by atoms with E-state index >= 15 is 0 Å². The highest BCUT2D eigenvalue weighted by Crippen LogP contribution is 2.46. The van der Waals surface area contributed by atoms with Crippen molar-refractivity contribution in [2.45, 2.75) is 0 Å². The van der Waals surface area contributed by atoms with Crippen LogP contribution in [0, 0.1) is 0 Å². The highest BCUT2D eigenvalue weighted by Gasteiger charge is 2.25. The molecule has 0 aliphatic rings. The number of aromatic nitrogens is 14. The van der Waals surface area contributed by atoms with Crippen LogP contribution in [0.5, 0.6) is 0 Å². The zero-order chi connectivity index (χ0) is 81.7. The molecule has 0 unspecified atom stereocenters. The third-order valence-corrected chi connectivity index (χ3v) is 25.6. The Bertz CT molecular complexity index is 8310. The second-order valence-corrected chi connectivity index (χ2v) is 32.8. The summed E-state index contributed by atoms with van der Waals surface area (Å²) in [6, 6.07) is 135. The highest BCUT2D eigenvalue weighted by atomic mass is 32.1. The first-order valence-corrected chi connectivity index (χ1v) is 42.6. The van der Waals surface area contributed by atoms with Gasteiger partial charge in [0.05, 0.1) is 22.1 Å². The van der Waals surface area contributed by atoms with Crippen molar-refractivity contribution in [2.24, 2.45) is 0 Å². The Balaban J connectivity index is 0.577. The number of para-hydroxylation sites is 3. The van der Waals surface area contributed by atoms with Crippen molar-refractivity contribution >= 4 is 107 Å². The van der Waals surface area contributed by atoms with Crippen LogP contribution in [-0.4, -0.2) is 68.9 Å². The quantitative estimate of drug-likeness (QED) is 0.0955. The van der Waals surface area contributed by atoms with Gasteiger partial charge in [-0.3, -0.25) is 0 Å². The topological polar surface area (TPSA) is 165 Å². The molecular weight excluding hydrogens is 1560 g/mol. The van der Waals surface area contributed by atoms with E-state index in [1.54, 1.807) is 22.7 Å². The lowest BCUT2D eigenvalue weighted by Crippen LogP contribution is -2.01. The molecule has 0 saturated heterocycles. The third kappa shape index (κ3) is 12.7. The van der Waals surface area contributed by atoms with E-state index in [1.807, 2.05) is 127 Å². The van der Waals surface area contributed by atoms with E-state index < -0.39 is 0 Å². The standard InChI is InChI=1S/C108H64N14S2/c1-7-27-65(28-8-1)97-109-98(66-29-9-2-10-30-66)112-103(111-97)74-53-57-93-87(62-74)82-46-26-48-85(96(82)124-93)108-118-101(69-35-15-5-16-36-69)115-106(120-108)76-51-55-81-79-43-19-21-49-89(79)122(92(81)64-76)78-42-24-38-71(60-78)70-37-23-39-72(59-70)102-110-99(67-31-11-3-12-32-67)113-104(116-102)75-54-58-94-88(63-75)83-45-25-47-84(95(83)123-94)107-117-100(68-33-13-4-14-34-68)114-105(119-107)73-52-56-91-86(61-73)80-44-20-22-50-90(80)121(91)77-40-17-6-18-41-77/h1-64H. The molecule has 24 rings (SSSR count). The summed E-state index contributed by atoms with van der Waals surface area (Å²) in [6.07, 6.45) is 0. The minimum Gasteiger partial charge on any atom is -0.309 e. The van der Waals surface area contributed by atoms with Crippen LogP contribution in [0.3, 0.4) is 0 Å². The third-order valence-electron chi connectivity index (χ3n) is 23.1. The number of thiophene rings is 2. The van der Waals surface area contributed by atoms with Crippen molar-refractivity contribution in [3.63, 3.8) is 0 Å². The Morgan fingerprint density at radius 3 is 0.887 bits per heavy atom. The molecule has 8 heterocycles. The number of nitrogens with zero attached hydrogens (tertiary/aromatic N) is 14. The van der Waals surface area contributed by atoms with Crippen LogP contribution in [-0.2, 0) is 0 Å². The average molecular weight is 1620 g/mol. The highest BCUT2D eigenvalue weighted by molar-refractivity contribution is 7.26. The molecule has 8 aromatic heterocycles. The molecule has 16 aromatic carbocycles. The molecule has 0 aliphatic heterocycles. The molecule has 0 saturated carbocycles. The van der Waals surface area contributed by atoms with E-state index in [1.165, 1.54) is 0 Å². The number of fused-ring (bicyclic) bond motifs is 12. The summed E-state index contributed by atoms with van der Waals surface area (Å²) in [5.74, 6) is 6.97. The second kappa shape index (κ2) is 29.8. The maximum Gasteiger partial charge on any atom is 0.165 e. The average Bonchev–Trinajstić information content (AvgIpc) is 1.59. The maximum absolute atomic E-state index is 5.45. The molecule has 0 spiro atoms. The van der Waals surface area contributed by atoms with Gasteiger partial charge in [0.15, 0.2) is 69.9 Å². The first-order valence-electron chi connectivity index (χ1n) is 41.0. The lowest BCUT2D eigenvalue weighted by atomic mass is 10.0. The van der Waals surface area contributed by atoms with Crippen LogP contribution in [0.2, 0.25) is 0 Å². The van der Waals surface area contributed by atoms with Gasteiger partial charge in [0, 0.05) is 140 Å². The van der Waals surface area contributed by atoms with Gasteiger partial charge in [0.25, 0.3) is 0 Å². The van der Waals surface area contributed by atoms with Gasteiger partial charge in [-0.2, -0.15) is 0 Å². The van der Waals surface area contributed by atoms with Crippen molar-refractivity contribution in [1.82, 2.24) is 68.9 Å². The van der Waals surface area contributed by atoms with Crippen molar-refractivity contribution in [3.8, 4) is 159 Å². The lowest BCUT2D eigenvalue weighted by molar-refractivity contribution is 1.07. The van der Waals surface area contributed by atoms with Crippen molar-refractivity contribution < 1.29 is 0 Å². The van der Waals surface area contributed by atoms with Crippen LogP contribution < -0.4 is 0 Å². The van der Waals surface area contributed by atoms with E-state index in [-0.39, 0.29) is 0 Å². The fourth-order valence-electron chi connectivity index (χ4n) is 17.2. The summed E-state index contributed by atoms with van der Waals surface area (Å²) in [5, 5.41) is 8.80. The predicted octanol–water partition coefficient (Wildman–Crippen LogP) is 27.0. The van der Waals surface area contributed by atoms with Gasteiger partial charge in [0.2, 0.25) is 0 Å². The molecule has 124 heavy (non-hydrogen) atoms. The van der Waals surface area contributed by atoms with E-state index in [0.29, 0.717) is 69.9 Å². The van der Waals surface area contributed by atoms with Crippen LogP contribution in [0.15, 0.2) is 388 Å². The summed E-state index contributed by atoms with van der Waals surface area (Å²) in [7, 11) is 0. The Kier molecular flexibility index (Phi) is 17.2. The van der Waals surface area contributed by atoms with Crippen LogP contribution in [0.25, 0.3) is 243 Å².